The third-order valence-corrected chi connectivity index (χ3v) is 3.23. The molecule has 1 aliphatic heterocycles. The van der Waals surface area contributed by atoms with Crippen LogP contribution in [0.25, 0.3) is 0 Å². The molecule has 1 heterocycles. The predicted octanol–water partition coefficient (Wildman–Crippen LogP) is 3.05. The highest BCUT2D eigenvalue weighted by molar-refractivity contribution is 5.89. The van der Waals surface area contributed by atoms with E-state index < -0.39 is 0 Å². The fraction of sp³-hybridized carbons (Fsp3) is 0.800. The highest BCUT2D eigenvalue weighted by Crippen LogP contribution is 2.26. The van der Waals surface area contributed by atoms with Gasteiger partial charge in [-0.15, -0.1) is 0 Å². The van der Waals surface area contributed by atoms with E-state index >= 15 is 0 Å². The van der Waals surface area contributed by atoms with E-state index in [2.05, 4.69) is 26.1 Å². The lowest BCUT2D eigenvalue weighted by atomic mass is 9.89. The monoisotopic (exact) mass is 253 g/mol. The molecule has 104 valence electrons. The number of hydrogen-bond donors (Lipinski definition) is 1. The molecule has 2 atom stereocenters. The Morgan fingerprint density at radius 2 is 2.17 bits per heavy atom. The molecule has 2 aliphatic rings. The fourth-order valence-corrected chi connectivity index (χ4v) is 2.34. The second-order valence-corrected chi connectivity index (χ2v) is 5.37. The summed E-state index contributed by atoms with van der Waals surface area (Å²) in [6.07, 6.45) is 7.87. The van der Waals surface area contributed by atoms with Gasteiger partial charge >= 0.3 is 5.97 Å². The first-order valence-corrected chi connectivity index (χ1v) is 7.28. The van der Waals surface area contributed by atoms with Crippen molar-refractivity contribution in [1.29, 1.82) is 0 Å². The van der Waals surface area contributed by atoms with Crippen LogP contribution in [-0.4, -0.2) is 25.2 Å². The SMILES string of the molecule is CC1CCCC(OC(=O)C2=CCNC2)C1.CCC. The number of carbonyl (C=O) groups is 1. The molecule has 0 amide bonds. The van der Waals surface area contributed by atoms with Gasteiger partial charge in [0.1, 0.15) is 6.10 Å². The molecule has 18 heavy (non-hydrogen) atoms. The maximum Gasteiger partial charge on any atom is 0.335 e. The predicted molar refractivity (Wildman–Crippen MR) is 74.4 cm³/mol. The summed E-state index contributed by atoms with van der Waals surface area (Å²) in [7, 11) is 0. The molecule has 2 unspecified atom stereocenters. The van der Waals surface area contributed by atoms with E-state index in [0.717, 1.165) is 25.0 Å². The van der Waals surface area contributed by atoms with E-state index in [9.17, 15) is 4.79 Å². The number of nitrogens with one attached hydrogen (secondary N) is 1. The van der Waals surface area contributed by atoms with Crippen molar-refractivity contribution >= 4 is 5.97 Å². The quantitative estimate of drug-likeness (QED) is 0.769. The first kappa shape index (κ1) is 15.2. The lowest BCUT2D eigenvalue weighted by Crippen LogP contribution is -2.26. The maximum absolute atomic E-state index is 11.7. The molecular weight excluding hydrogens is 226 g/mol. The molecule has 0 saturated heterocycles. The van der Waals surface area contributed by atoms with Gasteiger partial charge in [-0.2, -0.15) is 0 Å². The van der Waals surface area contributed by atoms with Crippen molar-refractivity contribution in [1.82, 2.24) is 5.32 Å². The summed E-state index contributed by atoms with van der Waals surface area (Å²) in [4.78, 5) is 11.7. The Morgan fingerprint density at radius 1 is 1.44 bits per heavy atom. The summed E-state index contributed by atoms with van der Waals surface area (Å²) in [5.74, 6) is 0.589. The highest BCUT2D eigenvalue weighted by Gasteiger charge is 2.24. The average molecular weight is 253 g/mol. The van der Waals surface area contributed by atoms with Gasteiger partial charge in [-0.05, 0) is 25.2 Å². The van der Waals surface area contributed by atoms with E-state index in [0.29, 0.717) is 12.5 Å². The van der Waals surface area contributed by atoms with Crippen LogP contribution in [0.2, 0.25) is 0 Å². The van der Waals surface area contributed by atoms with E-state index in [1.165, 1.54) is 19.3 Å². The van der Waals surface area contributed by atoms with E-state index in [-0.39, 0.29) is 12.1 Å². The van der Waals surface area contributed by atoms with Crippen LogP contribution in [-0.2, 0) is 9.53 Å². The Balaban J connectivity index is 0.000000492. The van der Waals surface area contributed by atoms with Crippen LogP contribution in [0.15, 0.2) is 11.6 Å². The standard InChI is InChI=1S/C12H19NO2.C3H8/c1-9-3-2-4-11(7-9)15-12(14)10-5-6-13-8-10;1-3-2/h5,9,11,13H,2-4,6-8H2,1H3;3H2,1-2H3. The van der Waals surface area contributed by atoms with Crippen molar-refractivity contribution in [3.05, 3.63) is 11.6 Å². The maximum atomic E-state index is 11.7. The Bertz CT molecular complexity index is 286. The van der Waals surface area contributed by atoms with Crippen LogP contribution < -0.4 is 5.32 Å². The smallest absolute Gasteiger partial charge is 0.335 e. The third kappa shape index (κ3) is 5.21. The van der Waals surface area contributed by atoms with E-state index in [1.807, 2.05) is 6.08 Å². The molecule has 1 saturated carbocycles. The zero-order chi connectivity index (χ0) is 13.4. The van der Waals surface area contributed by atoms with Crippen molar-refractivity contribution in [2.75, 3.05) is 13.1 Å². The number of esters is 1. The molecule has 1 fully saturated rings. The van der Waals surface area contributed by atoms with Gasteiger partial charge in [-0.25, -0.2) is 4.79 Å². The number of carbonyl (C=O) groups excluding carboxylic acids is 1. The fourth-order valence-electron chi connectivity index (χ4n) is 2.34. The Morgan fingerprint density at radius 3 is 2.72 bits per heavy atom. The van der Waals surface area contributed by atoms with Crippen LogP contribution in [0, 0.1) is 5.92 Å². The molecule has 1 aliphatic carbocycles. The van der Waals surface area contributed by atoms with Crippen LogP contribution in [0.3, 0.4) is 0 Å². The summed E-state index contributed by atoms with van der Waals surface area (Å²) in [6, 6.07) is 0. The Hall–Kier alpha value is -0.830. The first-order valence-electron chi connectivity index (χ1n) is 7.28. The first-order chi connectivity index (χ1) is 8.67. The Kier molecular flexibility index (Phi) is 7.02. The molecule has 0 spiro atoms. The topological polar surface area (TPSA) is 38.3 Å². The van der Waals surface area contributed by atoms with Gasteiger partial charge in [-0.3, -0.25) is 0 Å². The molecule has 0 aromatic heterocycles. The largest absolute Gasteiger partial charge is 0.459 e. The van der Waals surface area contributed by atoms with Crippen molar-refractivity contribution in [2.45, 2.75) is 59.0 Å². The molecule has 3 nitrogen and oxygen atoms in total. The van der Waals surface area contributed by atoms with Crippen molar-refractivity contribution in [3.63, 3.8) is 0 Å². The summed E-state index contributed by atoms with van der Waals surface area (Å²) >= 11 is 0. The second kappa shape index (κ2) is 8.30. The summed E-state index contributed by atoms with van der Waals surface area (Å²) in [5.41, 5.74) is 0.799. The van der Waals surface area contributed by atoms with Gasteiger partial charge in [0.2, 0.25) is 0 Å². The molecule has 0 bridgehead atoms. The van der Waals surface area contributed by atoms with E-state index in [4.69, 9.17) is 4.74 Å². The highest BCUT2D eigenvalue weighted by atomic mass is 16.5. The molecule has 0 aromatic carbocycles. The van der Waals surface area contributed by atoms with Crippen LogP contribution in [0.5, 0.6) is 0 Å². The number of ether oxygens (including phenoxy) is 1. The molecular formula is C15H27NO2. The normalized spacial score (nSPS) is 26.9. The lowest BCUT2D eigenvalue weighted by molar-refractivity contribution is -0.146. The van der Waals surface area contributed by atoms with Crippen LogP contribution in [0.4, 0.5) is 0 Å². The molecule has 0 aromatic rings. The van der Waals surface area contributed by atoms with Gasteiger partial charge < -0.3 is 10.1 Å². The molecule has 3 heteroatoms. The second-order valence-electron chi connectivity index (χ2n) is 5.37. The number of hydrogen-bond acceptors (Lipinski definition) is 3. The van der Waals surface area contributed by atoms with Crippen LogP contribution in [0.1, 0.15) is 52.9 Å². The van der Waals surface area contributed by atoms with Gasteiger partial charge in [0.05, 0.1) is 0 Å². The van der Waals surface area contributed by atoms with Gasteiger partial charge in [0.25, 0.3) is 0 Å². The minimum atomic E-state index is -0.112. The molecule has 2 rings (SSSR count). The zero-order valence-electron chi connectivity index (χ0n) is 12.0. The zero-order valence-corrected chi connectivity index (χ0v) is 12.0. The van der Waals surface area contributed by atoms with Gasteiger partial charge in [-0.1, -0.05) is 39.7 Å². The van der Waals surface area contributed by atoms with Crippen LogP contribution >= 0.6 is 0 Å². The minimum absolute atomic E-state index is 0.112. The van der Waals surface area contributed by atoms with Crippen molar-refractivity contribution in [3.8, 4) is 0 Å². The molecule has 1 N–H and O–H groups in total. The van der Waals surface area contributed by atoms with Gasteiger partial charge in [0, 0.05) is 18.7 Å². The minimum Gasteiger partial charge on any atom is -0.459 e. The van der Waals surface area contributed by atoms with E-state index in [1.54, 1.807) is 0 Å². The number of rotatable bonds is 2. The third-order valence-electron chi connectivity index (χ3n) is 3.23. The van der Waals surface area contributed by atoms with Gasteiger partial charge in [0.15, 0.2) is 0 Å². The lowest BCUT2D eigenvalue weighted by Gasteiger charge is -2.26. The van der Waals surface area contributed by atoms with Crippen molar-refractivity contribution < 1.29 is 9.53 Å². The Labute approximate surface area is 111 Å². The summed E-state index contributed by atoms with van der Waals surface area (Å²) in [5, 5.41) is 3.11. The van der Waals surface area contributed by atoms with Crippen molar-refractivity contribution in [2.24, 2.45) is 5.92 Å². The average Bonchev–Trinajstić information content (AvgIpc) is 2.83. The summed E-state index contributed by atoms with van der Waals surface area (Å²) < 4.78 is 5.50. The summed E-state index contributed by atoms with van der Waals surface area (Å²) in [6.45, 7) is 7.95. The molecule has 0 radical (unpaired) electrons.